The molecular weight excluding hydrogens is 244 g/mol. The first-order chi connectivity index (χ1) is 7.31. The SMILES string of the molecule is C=CCNC(=S)N(C)[C@@]1(C)CCS(=O)(=O)C1. The van der Waals surface area contributed by atoms with E-state index < -0.39 is 9.84 Å². The number of rotatable bonds is 3. The molecule has 1 heterocycles. The lowest BCUT2D eigenvalue weighted by molar-refractivity contribution is 0.260. The van der Waals surface area contributed by atoms with Crippen LogP contribution in [0.5, 0.6) is 0 Å². The molecule has 6 heteroatoms. The Hall–Kier alpha value is -0.620. The van der Waals surface area contributed by atoms with Gasteiger partial charge in [0.05, 0.1) is 17.0 Å². The van der Waals surface area contributed by atoms with E-state index in [1.165, 1.54) is 0 Å². The van der Waals surface area contributed by atoms with Crippen LogP contribution in [0.4, 0.5) is 0 Å². The summed E-state index contributed by atoms with van der Waals surface area (Å²) in [6.45, 7) is 6.11. The highest BCUT2D eigenvalue weighted by Crippen LogP contribution is 2.28. The average molecular weight is 262 g/mol. The van der Waals surface area contributed by atoms with Gasteiger partial charge in [-0.3, -0.25) is 0 Å². The Labute approximate surface area is 103 Å². The van der Waals surface area contributed by atoms with Crippen molar-refractivity contribution in [2.75, 3.05) is 25.1 Å². The Morgan fingerprint density at radius 1 is 1.69 bits per heavy atom. The molecule has 0 aliphatic carbocycles. The van der Waals surface area contributed by atoms with E-state index in [4.69, 9.17) is 12.2 Å². The number of nitrogens with one attached hydrogen (secondary N) is 1. The fourth-order valence-electron chi connectivity index (χ4n) is 1.78. The van der Waals surface area contributed by atoms with Gasteiger partial charge in [0, 0.05) is 13.6 Å². The van der Waals surface area contributed by atoms with Crippen LogP contribution in [0.25, 0.3) is 0 Å². The number of sulfone groups is 1. The minimum atomic E-state index is -2.90. The van der Waals surface area contributed by atoms with Gasteiger partial charge in [0.25, 0.3) is 0 Å². The fourth-order valence-corrected chi connectivity index (χ4v) is 4.27. The molecule has 1 atom stereocenters. The number of thiocarbonyl (C=S) groups is 1. The van der Waals surface area contributed by atoms with Crippen molar-refractivity contribution < 1.29 is 8.42 Å². The van der Waals surface area contributed by atoms with Gasteiger partial charge in [0.1, 0.15) is 0 Å². The molecule has 0 radical (unpaired) electrons. The summed E-state index contributed by atoms with van der Waals surface area (Å²) in [4.78, 5) is 1.84. The van der Waals surface area contributed by atoms with Crippen LogP contribution in [0.3, 0.4) is 0 Å². The topological polar surface area (TPSA) is 49.4 Å². The van der Waals surface area contributed by atoms with Crippen LogP contribution in [-0.4, -0.2) is 49.1 Å². The Bertz CT molecular complexity index is 392. The van der Waals surface area contributed by atoms with Crippen LogP contribution in [0, 0.1) is 0 Å². The largest absolute Gasteiger partial charge is 0.359 e. The molecule has 92 valence electrons. The van der Waals surface area contributed by atoms with Gasteiger partial charge in [0.2, 0.25) is 0 Å². The molecule has 1 N–H and O–H groups in total. The molecule has 4 nitrogen and oxygen atoms in total. The van der Waals surface area contributed by atoms with Crippen molar-refractivity contribution in [2.24, 2.45) is 0 Å². The van der Waals surface area contributed by atoms with E-state index in [9.17, 15) is 8.42 Å². The maximum absolute atomic E-state index is 11.5. The van der Waals surface area contributed by atoms with Crippen LogP contribution >= 0.6 is 12.2 Å². The molecule has 0 bridgehead atoms. The lowest BCUT2D eigenvalue weighted by atomic mass is 10.0. The molecular formula is C10H18N2O2S2. The third-order valence-corrected chi connectivity index (χ3v) is 5.30. The lowest BCUT2D eigenvalue weighted by Gasteiger charge is -2.36. The molecule has 1 aliphatic rings. The second-order valence-corrected chi connectivity index (χ2v) is 6.94. The lowest BCUT2D eigenvalue weighted by Crippen LogP contribution is -2.52. The van der Waals surface area contributed by atoms with Gasteiger partial charge in [-0.05, 0) is 25.6 Å². The van der Waals surface area contributed by atoms with Crippen LogP contribution in [0.1, 0.15) is 13.3 Å². The van der Waals surface area contributed by atoms with E-state index in [1.54, 1.807) is 6.08 Å². The molecule has 0 aromatic carbocycles. The Morgan fingerprint density at radius 3 is 2.75 bits per heavy atom. The van der Waals surface area contributed by atoms with Crippen molar-refractivity contribution in [3.63, 3.8) is 0 Å². The third kappa shape index (κ3) is 2.95. The number of hydrogen-bond donors (Lipinski definition) is 1. The van der Waals surface area contributed by atoms with Gasteiger partial charge in [-0.1, -0.05) is 6.08 Å². The van der Waals surface area contributed by atoms with Crippen molar-refractivity contribution in [1.29, 1.82) is 0 Å². The van der Waals surface area contributed by atoms with Gasteiger partial charge < -0.3 is 10.2 Å². The third-order valence-electron chi connectivity index (χ3n) is 2.99. The molecule has 16 heavy (non-hydrogen) atoms. The van der Waals surface area contributed by atoms with Gasteiger partial charge in [-0.2, -0.15) is 0 Å². The van der Waals surface area contributed by atoms with Gasteiger partial charge in [-0.15, -0.1) is 6.58 Å². The zero-order valence-electron chi connectivity index (χ0n) is 9.69. The summed E-state index contributed by atoms with van der Waals surface area (Å²) in [6.07, 6.45) is 2.34. The van der Waals surface area contributed by atoms with Gasteiger partial charge in [-0.25, -0.2) is 8.42 Å². The van der Waals surface area contributed by atoms with Gasteiger partial charge in [0.15, 0.2) is 14.9 Å². The second kappa shape index (κ2) is 4.71. The summed E-state index contributed by atoms with van der Waals surface area (Å²) >= 11 is 5.20. The molecule has 1 aliphatic heterocycles. The Balaban J connectivity index is 2.70. The maximum atomic E-state index is 11.5. The molecule has 0 spiro atoms. The highest BCUT2D eigenvalue weighted by molar-refractivity contribution is 7.91. The predicted molar refractivity (Wildman–Crippen MR) is 70.2 cm³/mol. The first-order valence-corrected chi connectivity index (χ1v) is 7.37. The monoisotopic (exact) mass is 262 g/mol. The van der Waals surface area contributed by atoms with E-state index in [1.807, 2.05) is 18.9 Å². The Morgan fingerprint density at radius 2 is 2.31 bits per heavy atom. The van der Waals surface area contributed by atoms with Crippen molar-refractivity contribution in [1.82, 2.24) is 10.2 Å². The first kappa shape index (κ1) is 13.4. The van der Waals surface area contributed by atoms with Crippen molar-refractivity contribution in [3.8, 4) is 0 Å². The quantitative estimate of drug-likeness (QED) is 0.595. The summed E-state index contributed by atoms with van der Waals surface area (Å²) in [5.74, 6) is 0.421. The first-order valence-electron chi connectivity index (χ1n) is 5.14. The maximum Gasteiger partial charge on any atom is 0.169 e. The average Bonchev–Trinajstić information content (AvgIpc) is 2.49. The zero-order valence-corrected chi connectivity index (χ0v) is 11.3. The van der Waals surface area contributed by atoms with E-state index in [0.29, 0.717) is 18.1 Å². The minimum Gasteiger partial charge on any atom is -0.359 e. The fraction of sp³-hybridized carbons (Fsp3) is 0.700. The molecule has 0 aromatic rings. The predicted octanol–water partition coefficient (Wildman–Crippen LogP) is 0.556. The van der Waals surface area contributed by atoms with Crippen LogP contribution in [0.2, 0.25) is 0 Å². The number of hydrogen-bond acceptors (Lipinski definition) is 3. The standard InChI is InChI=1S/C10H18N2O2S2/c1-4-6-11-9(15)12(3)10(2)5-7-16(13,14)8-10/h4H,1,5-8H2,2-3H3,(H,11,15)/t10-/m0/s1. The van der Waals surface area contributed by atoms with Gasteiger partial charge >= 0.3 is 0 Å². The van der Waals surface area contributed by atoms with Crippen molar-refractivity contribution >= 4 is 27.2 Å². The van der Waals surface area contributed by atoms with Crippen LogP contribution in [0.15, 0.2) is 12.7 Å². The molecule has 1 fully saturated rings. The second-order valence-electron chi connectivity index (χ2n) is 4.37. The molecule has 0 amide bonds. The molecule has 1 rings (SSSR count). The summed E-state index contributed by atoms with van der Waals surface area (Å²) in [7, 11) is -1.07. The zero-order chi connectivity index (χ0) is 12.4. The summed E-state index contributed by atoms with van der Waals surface area (Å²) in [5.41, 5.74) is -0.385. The highest BCUT2D eigenvalue weighted by atomic mass is 32.2. The summed E-state index contributed by atoms with van der Waals surface area (Å²) in [5, 5.41) is 3.58. The van der Waals surface area contributed by atoms with Crippen LogP contribution in [-0.2, 0) is 9.84 Å². The summed E-state index contributed by atoms with van der Waals surface area (Å²) in [6, 6.07) is 0. The van der Waals surface area contributed by atoms with E-state index in [0.717, 1.165) is 0 Å². The molecule has 0 saturated carbocycles. The summed E-state index contributed by atoms with van der Waals surface area (Å²) < 4.78 is 23.0. The van der Waals surface area contributed by atoms with Crippen molar-refractivity contribution in [2.45, 2.75) is 18.9 Å². The molecule has 0 aromatic heterocycles. The highest BCUT2D eigenvalue weighted by Gasteiger charge is 2.42. The van der Waals surface area contributed by atoms with E-state index in [2.05, 4.69) is 11.9 Å². The normalized spacial score (nSPS) is 27.4. The minimum absolute atomic E-state index is 0.173. The van der Waals surface area contributed by atoms with Crippen LogP contribution < -0.4 is 5.32 Å². The van der Waals surface area contributed by atoms with E-state index >= 15 is 0 Å². The van der Waals surface area contributed by atoms with E-state index in [-0.39, 0.29) is 17.0 Å². The smallest absolute Gasteiger partial charge is 0.169 e. The van der Waals surface area contributed by atoms with Crippen molar-refractivity contribution in [3.05, 3.63) is 12.7 Å². The Kier molecular flexibility index (Phi) is 3.96. The number of nitrogens with zero attached hydrogens (tertiary/aromatic N) is 1. The molecule has 1 saturated heterocycles. The molecule has 0 unspecified atom stereocenters.